The van der Waals surface area contributed by atoms with Gasteiger partial charge in [-0.05, 0) is 12.1 Å². The van der Waals surface area contributed by atoms with Crippen LogP contribution in [0.5, 0.6) is 0 Å². The Morgan fingerprint density at radius 3 is 2.54 bits per heavy atom. The number of hydrogen-bond donors (Lipinski definition) is 2. The van der Waals surface area contributed by atoms with Crippen molar-refractivity contribution >= 4 is 11.6 Å². The number of aliphatic hydroxyl groups excluding tert-OH is 2. The van der Waals surface area contributed by atoms with Crippen molar-refractivity contribution in [2.45, 2.75) is 12.2 Å². The summed E-state index contributed by atoms with van der Waals surface area (Å²) < 4.78 is 0. The molecule has 0 aliphatic carbocycles. The summed E-state index contributed by atoms with van der Waals surface area (Å²) in [6.07, 6.45) is -2.86. The van der Waals surface area contributed by atoms with Crippen LogP contribution in [0.25, 0.3) is 0 Å². The molecule has 13 heavy (non-hydrogen) atoms. The molecule has 2 unspecified atom stereocenters. The molecule has 0 saturated carbocycles. The second-order valence-corrected chi connectivity index (χ2v) is 2.69. The van der Waals surface area contributed by atoms with Gasteiger partial charge in [-0.2, -0.15) is 10.4 Å². The van der Waals surface area contributed by atoms with Gasteiger partial charge in [0.2, 0.25) is 0 Å². The molecule has 2 atom stereocenters. The van der Waals surface area contributed by atoms with Crippen LogP contribution in [0.2, 0.25) is 5.15 Å². The lowest BCUT2D eigenvalue weighted by atomic mass is 10.1. The molecule has 6 heteroatoms. The van der Waals surface area contributed by atoms with Crippen LogP contribution in [0.1, 0.15) is 11.8 Å². The standard InChI is InChI=1S/C7H6ClN3O2/c8-6-2-1-4(10-11-6)7(13)5(12)3-9/h1-2,5,7,12-13H. The molecule has 0 aliphatic rings. The summed E-state index contributed by atoms with van der Waals surface area (Å²) in [5, 5.41) is 33.6. The van der Waals surface area contributed by atoms with E-state index in [1.807, 2.05) is 0 Å². The molecule has 0 fully saturated rings. The summed E-state index contributed by atoms with van der Waals surface area (Å²) in [4.78, 5) is 0. The number of halogens is 1. The van der Waals surface area contributed by atoms with Gasteiger partial charge in [-0.3, -0.25) is 0 Å². The SMILES string of the molecule is N#CC(O)C(O)c1ccc(Cl)nn1. The molecule has 0 bridgehead atoms. The molecule has 68 valence electrons. The minimum absolute atomic E-state index is 0.110. The Morgan fingerprint density at radius 1 is 1.38 bits per heavy atom. The molecule has 0 saturated heterocycles. The number of aromatic nitrogens is 2. The molecule has 0 amide bonds. The van der Waals surface area contributed by atoms with Gasteiger partial charge < -0.3 is 10.2 Å². The van der Waals surface area contributed by atoms with Crippen LogP contribution < -0.4 is 0 Å². The van der Waals surface area contributed by atoms with E-state index in [1.165, 1.54) is 18.2 Å². The van der Waals surface area contributed by atoms with Gasteiger partial charge in [0.05, 0.1) is 11.8 Å². The van der Waals surface area contributed by atoms with E-state index in [0.29, 0.717) is 0 Å². The Labute approximate surface area is 79.2 Å². The van der Waals surface area contributed by atoms with Gasteiger partial charge in [0.1, 0.15) is 6.10 Å². The third kappa shape index (κ3) is 2.36. The Kier molecular flexibility index (Phi) is 3.14. The average molecular weight is 200 g/mol. The van der Waals surface area contributed by atoms with Crippen LogP contribution in [0.4, 0.5) is 0 Å². The van der Waals surface area contributed by atoms with E-state index in [9.17, 15) is 5.11 Å². The largest absolute Gasteiger partial charge is 0.383 e. The summed E-state index contributed by atoms with van der Waals surface area (Å²) in [5.41, 5.74) is 0.110. The van der Waals surface area contributed by atoms with Crippen molar-refractivity contribution in [2.75, 3.05) is 0 Å². The third-order valence-electron chi connectivity index (χ3n) is 1.39. The highest BCUT2D eigenvalue weighted by Crippen LogP contribution is 2.14. The van der Waals surface area contributed by atoms with Crippen LogP contribution in [0.15, 0.2) is 12.1 Å². The van der Waals surface area contributed by atoms with Gasteiger partial charge in [0.15, 0.2) is 11.3 Å². The Bertz CT molecular complexity index is 322. The number of aliphatic hydroxyl groups is 2. The fourth-order valence-corrected chi connectivity index (χ4v) is 0.817. The molecule has 0 aliphatic heterocycles. The number of nitrogens with zero attached hydrogens (tertiary/aromatic N) is 3. The number of hydrogen-bond acceptors (Lipinski definition) is 5. The first-order valence-electron chi connectivity index (χ1n) is 3.40. The molecule has 5 nitrogen and oxygen atoms in total. The monoisotopic (exact) mass is 199 g/mol. The zero-order valence-corrected chi connectivity index (χ0v) is 7.18. The number of rotatable bonds is 2. The highest BCUT2D eigenvalue weighted by Gasteiger charge is 2.19. The van der Waals surface area contributed by atoms with Crippen molar-refractivity contribution in [1.82, 2.24) is 10.2 Å². The average Bonchev–Trinajstić information content (AvgIpc) is 2.17. The first-order valence-corrected chi connectivity index (χ1v) is 3.78. The van der Waals surface area contributed by atoms with Crippen molar-refractivity contribution in [3.8, 4) is 6.07 Å². The van der Waals surface area contributed by atoms with Crippen molar-refractivity contribution in [1.29, 1.82) is 5.26 Å². The molecule has 1 heterocycles. The minimum atomic E-state index is -1.50. The molecule has 1 rings (SSSR count). The van der Waals surface area contributed by atoms with Gasteiger partial charge >= 0.3 is 0 Å². The van der Waals surface area contributed by atoms with Crippen LogP contribution >= 0.6 is 11.6 Å². The predicted octanol–water partition coefficient (Wildman–Crippen LogP) is 0.0479. The molecule has 0 aromatic carbocycles. The molecule has 0 spiro atoms. The minimum Gasteiger partial charge on any atom is -0.383 e. The van der Waals surface area contributed by atoms with Gasteiger partial charge in [0.25, 0.3) is 0 Å². The van der Waals surface area contributed by atoms with E-state index in [-0.39, 0.29) is 10.8 Å². The first kappa shape index (κ1) is 9.86. The Hall–Kier alpha value is -1.22. The quantitative estimate of drug-likeness (QED) is 0.657. The first-order chi connectivity index (χ1) is 6.15. The predicted molar refractivity (Wildman–Crippen MR) is 43.6 cm³/mol. The Balaban J connectivity index is 2.84. The fraction of sp³-hybridized carbons (Fsp3) is 0.286. The lowest BCUT2D eigenvalue weighted by Crippen LogP contribution is -2.17. The zero-order valence-electron chi connectivity index (χ0n) is 6.42. The van der Waals surface area contributed by atoms with E-state index in [2.05, 4.69) is 10.2 Å². The molecule has 2 N–H and O–H groups in total. The number of nitriles is 1. The maximum Gasteiger partial charge on any atom is 0.172 e. The fourth-order valence-electron chi connectivity index (χ4n) is 0.716. The van der Waals surface area contributed by atoms with Crippen molar-refractivity contribution in [3.05, 3.63) is 23.0 Å². The second kappa shape index (κ2) is 4.14. The molecular formula is C7H6ClN3O2. The van der Waals surface area contributed by atoms with Crippen molar-refractivity contribution in [3.63, 3.8) is 0 Å². The van der Waals surface area contributed by atoms with E-state index < -0.39 is 12.2 Å². The van der Waals surface area contributed by atoms with Crippen LogP contribution in [-0.2, 0) is 0 Å². The molecular weight excluding hydrogens is 194 g/mol. The summed E-state index contributed by atoms with van der Waals surface area (Å²) in [7, 11) is 0. The van der Waals surface area contributed by atoms with E-state index in [0.717, 1.165) is 0 Å². The summed E-state index contributed by atoms with van der Waals surface area (Å²) in [6.45, 7) is 0. The maximum atomic E-state index is 9.26. The van der Waals surface area contributed by atoms with Gasteiger partial charge in [0, 0.05) is 0 Å². The van der Waals surface area contributed by atoms with Gasteiger partial charge in [-0.15, -0.1) is 5.10 Å². The zero-order chi connectivity index (χ0) is 9.84. The summed E-state index contributed by atoms with van der Waals surface area (Å²) >= 11 is 5.45. The van der Waals surface area contributed by atoms with E-state index in [4.69, 9.17) is 22.0 Å². The summed E-state index contributed by atoms with van der Waals surface area (Å²) in [5.74, 6) is 0. The van der Waals surface area contributed by atoms with Gasteiger partial charge in [-0.1, -0.05) is 11.6 Å². The topological polar surface area (TPSA) is 90.0 Å². The van der Waals surface area contributed by atoms with Crippen LogP contribution in [0.3, 0.4) is 0 Å². The highest BCUT2D eigenvalue weighted by molar-refractivity contribution is 6.29. The van der Waals surface area contributed by atoms with Gasteiger partial charge in [-0.25, -0.2) is 0 Å². The molecule has 0 radical (unpaired) electrons. The van der Waals surface area contributed by atoms with Crippen molar-refractivity contribution < 1.29 is 10.2 Å². The second-order valence-electron chi connectivity index (χ2n) is 2.30. The molecule has 1 aromatic rings. The lowest BCUT2D eigenvalue weighted by Gasteiger charge is -2.09. The highest BCUT2D eigenvalue weighted by atomic mass is 35.5. The van der Waals surface area contributed by atoms with Crippen molar-refractivity contribution in [2.24, 2.45) is 0 Å². The lowest BCUT2D eigenvalue weighted by molar-refractivity contribution is 0.0492. The van der Waals surface area contributed by atoms with Crippen LogP contribution in [-0.4, -0.2) is 26.5 Å². The normalized spacial score (nSPS) is 14.6. The Morgan fingerprint density at radius 2 is 2.08 bits per heavy atom. The maximum absolute atomic E-state index is 9.26. The third-order valence-corrected chi connectivity index (χ3v) is 1.59. The smallest absolute Gasteiger partial charge is 0.172 e. The molecule has 1 aromatic heterocycles. The van der Waals surface area contributed by atoms with E-state index >= 15 is 0 Å². The summed E-state index contributed by atoms with van der Waals surface area (Å²) in [6, 6.07) is 4.29. The van der Waals surface area contributed by atoms with E-state index in [1.54, 1.807) is 0 Å². The van der Waals surface area contributed by atoms with Crippen LogP contribution in [0, 0.1) is 11.3 Å².